The van der Waals surface area contributed by atoms with Crippen LogP contribution in [0.3, 0.4) is 0 Å². The number of carbonyl (C=O) groups excluding carboxylic acids is 1. The van der Waals surface area contributed by atoms with E-state index in [0.29, 0.717) is 26.7 Å². The lowest BCUT2D eigenvalue weighted by Crippen LogP contribution is -2.23. The highest BCUT2D eigenvalue weighted by Crippen LogP contribution is 2.31. The van der Waals surface area contributed by atoms with Gasteiger partial charge >= 0.3 is 0 Å². The number of benzene rings is 1. The fraction of sp³-hybridized carbons (Fsp3) is 0.125. The predicted octanol–water partition coefficient (Wildman–Crippen LogP) is 3.48. The van der Waals surface area contributed by atoms with Crippen LogP contribution in [0, 0.1) is 0 Å². The summed E-state index contributed by atoms with van der Waals surface area (Å²) >= 11 is 13.2. The summed E-state index contributed by atoms with van der Waals surface area (Å²) in [6.07, 6.45) is 3.29. The standard InChI is InChI=1S/C16H14Cl2N6OS/c1-9(15(25)21-12-6-2-5-11(17)13(12)18)26-16-23-22-14(24(16)19)10-4-3-7-20-8-10/h2-9H,19H2,1H3,(H,21,25). The summed E-state index contributed by atoms with van der Waals surface area (Å²) in [6, 6.07) is 8.64. The van der Waals surface area contributed by atoms with E-state index < -0.39 is 5.25 Å². The molecule has 26 heavy (non-hydrogen) atoms. The molecule has 2 heterocycles. The number of anilines is 1. The average Bonchev–Trinajstić information content (AvgIpc) is 3.00. The number of nitrogen functional groups attached to an aromatic ring is 1. The van der Waals surface area contributed by atoms with E-state index in [9.17, 15) is 4.79 Å². The molecule has 0 saturated heterocycles. The van der Waals surface area contributed by atoms with Crippen LogP contribution in [0.15, 0.2) is 47.9 Å². The monoisotopic (exact) mass is 408 g/mol. The summed E-state index contributed by atoms with van der Waals surface area (Å²) in [6.45, 7) is 1.73. The van der Waals surface area contributed by atoms with Crippen molar-refractivity contribution in [2.24, 2.45) is 0 Å². The Hall–Kier alpha value is -2.29. The second-order valence-electron chi connectivity index (χ2n) is 5.27. The zero-order chi connectivity index (χ0) is 18.7. The van der Waals surface area contributed by atoms with Gasteiger partial charge in [-0.3, -0.25) is 9.78 Å². The van der Waals surface area contributed by atoms with E-state index in [0.717, 1.165) is 5.56 Å². The van der Waals surface area contributed by atoms with Gasteiger partial charge in [-0.25, -0.2) is 4.68 Å². The molecule has 10 heteroatoms. The molecule has 3 aromatic rings. The van der Waals surface area contributed by atoms with Crippen LogP contribution in [0.2, 0.25) is 10.0 Å². The first kappa shape index (κ1) is 18.5. The minimum atomic E-state index is -0.488. The molecule has 0 aliphatic rings. The van der Waals surface area contributed by atoms with Crippen LogP contribution in [0.25, 0.3) is 11.4 Å². The molecular formula is C16H14Cl2N6OS. The molecule has 1 aromatic carbocycles. The number of rotatable bonds is 5. The number of halogens is 2. The van der Waals surface area contributed by atoms with E-state index in [2.05, 4.69) is 20.5 Å². The van der Waals surface area contributed by atoms with Crippen LogP contribution < -0.4 is 11.2 Å². The Morgan fingerprint density at radius 3 is 2.81 bits per heavy atom. The van der Waals surface area contributed by atoms with Gasteiger partial charge in [-0.2, -0.15) is 0 Å². The molecule has 7 nitrogen and oxygen atoms in total. The van der Waals surface area contributed by atoms with Crippen molar-refractivity contribution >= 4 is 46.6 Å². The summed E-state index contributed by atoms with van der Waals surface area (Å²) in [5, 5.41) is 11.4. The molecule has 0 spiro atoms. The van der Waals surface area contributed by atoms with E-state index >= 15 is 0 Å². The SMILES string of the molecule is CC(Sc1nnc(-c2cccnc2)n1N)C(=O)Nc1cccc(Cl)c1Cl. The molecular weight excluding hydrogens is 395 g/mol. The topological polar surface area (TPSA) is 98.7 Å². The minimum Gasteiger partial charge on any atom is -0.335 e. The lowest BCUT2D eigenvalue weighted by Gasteiger charge is -2.13. The van der Waals surface area contributed by atoms with Gasteiger partial charge < -0.3 is 11.2 Å². The number of thioether (sulfide) groups is 1. The van der Waals surface area contributed by atoms with E-state index in [1.807, 2.05) is 6.07 Å². The molecule has 3 rings (SSSR count). The molecule has 2 aromatic heterocycles. The molecule has 134 valence electrons. The van der Waals surface area contributed by atoms with Gasteiger partial charge in [0.2, 0.25) is 11.1 Å². The first-order valence-corrected chi connectivity index (χ1v) is 9.13. The van der Waals surface area contributed by atoms with Gasteiger partial charge in [-0.1, -0.05) is 41.0 Å². The van der Waals surface area contributed by atoms with Gasteiger partial charge in [0.15, 0.2) is 5.82 Å². The molecule has 3 N–H and O–H groups in total. The number of hydrogen-bond donors (Lipinski definition) is 2. The molecule has 0 aliphatic carbocycles. The fourth-order valence-corrected chi connectivity index (χ4v) is 3.21. The van der Waals surface area contributed by atoms with Gasteiger partial charge in [-0.15, -0.1) is 10.2 Å². The van der Waals surface area contributed by atoms with Crippen molar-refractivity contribution in [1.82, 2.24) is 19.9 Å². The number of hydrogen-bond acceptors (Lipinski definition) is 6. The number of amides is 1. The van der Waals surface area contributed by atoms with E-state index in [-0.39, 0.29) is 5.91 Å². The molecule has 0 fully saturated rings. The zero-order valence-corrected chi connectivity index (χ0v) is 15.9. The Bertz CT molecular complexity index is 934. The Labute approximate surface area is 163 Å². The molecule has 0 bridgehead atoms. The third kappa shape index (κ3) is 3.92. The lowest BCUT2D eigenvalue weighted by molar-refractivity contribution is -0.115. The molecule has 1 unspecified atom stereocenters. The molecule has 0 radical (unpaired) electrons. The van der Waals surface area contributed by atoms with Crippen LogP contribution in [0.1, 0.15) is 6.92 Å². The largest absolute Gasteiger partial charge is 0.335 e. The van der Waals surface area contributed by atoms with Crippen LogP contribution >= 0.6 is 35.0 Å². The van der Waals surface area contributed by atoms with Crippen molar-refractivity contribution in [3.8, 4) is 11.4 Å². The first-order chi connectivity index (χ1) is 12.5. The smallest absolute Gasteiger partial charge is 0.237 e. The van der Waals surface area contributed by atoms with Gasteiger partial charge in [0.1, 0.15) is 0 Å². The fourth-order valence-electron chi connectivity index (χ4n) is 2.10. The maximum Gasteiger partial charge on any atom is 0.237 e. The van der Waals surface area contributed by atoms with Crippen molar-refractivity contribution in [3.05, 3.63) is 52.8 Å². The molecule has 0 saturated carbocycles. The lowest BCUT2D eigenvalue weighted by atomic mass is 10.3. The van der Waals surface area contributed by atoms with E-state index in [4.69, 9.17) is 29.0 Å². The number of carbonyl (C=O) groups is 1. The van der Waals surface area contributed by atoms with Crippen LogP contribution in [0.5, 0.6) is 0 Å². The Kier molecular flexibility index (Phi) is 5.65. The van der Waals surface area contributed by atoms with Crippen molar-refractivity contribution < 1.29 is 4.79 Å². The van der Waals surface area contributed by atoms with Gasteiger partial charge in [0.25, 0.3) is 0 Å². The molecule has 1 atom stereocenters. The summed E-state index contributed by atoms with van der Waals surface area (Å²) in [4.78, 5) is 16.5. The molecule has 1 amide bonds. The number of nitrogens with one attached hydrogen (secondary N) is 1. The van der Waals surface area contributed by atoms with Crippen molar-refractivity contribution in [2.75, 3.05) is 11.2 Å². The summed E-state index contributed by atoms with van der Waals surface area (Å²) < 4.78 is 1.33. The minimum absolute atomic E-state index is 0.259. The second kappa shape index (κ2) is 7.94. The predicted molar refractivity (Wildman–Crippen MR) is 104 cm³/mol. The first-order valence-electron chi connectivity index (χ1n) is 7.49. The highest BCUT2D eigenvalue weighted by Gasteiger charge is 2.21. The third-order valence-electron chi connectivity index (χ3n) is 3.45. The second-order valence-corrected chi connectivity index (χ2v) is 7.36. The van der Waals surface area contributed by atoms with Crippen LogP contribution in [-0.4, -0.2) is 31.0 Å². The van der Waals surface area contributed by atoms with Gasteiger partial charge in [0, 0.05) is 18.0 Å². The summed E-state index contributed by atoms with van der Waals surface area (Å²) in [7, 11) is 0. The third-order valence-corrected chi connectivity index (χ3v) is 5.32. The molecule has 0 aliphatic heterocycles. The number of nitrogens with two attached hydrogens (primary N) is 1. The summed E-state index contributed by atoms with van der Waals surface area (Å²) in [5.74, 6) is 6.26. The summed E-state index contributed by atoms with van der Waals surface area (Å²) in [5.41, 5.74) is 1.18. The highest BCUT2D eigenvalue weighted by atomic mass is 35.5. The zero-order valence-electron chi connectivity index (χ0n) is 13.6. The maximum atomic E-state index is 12.4. The Morgan fingerprint density at radius 2 is 2.08 bits per heavy atom. The normalized spacial score (nSPS) is 12.0. The maximum absolute atomic E-state index is 12.4. The quantitative estimate of drug-likeness (QED) is 0.495. The van der Waals surface area contributed by atoms with Crippen LogP contribution in [-0.2, 0) is 4.79 Å². The van der Waals surface area contributed by atoms with E-state index in [1.165, 1.54) is 16.4 Å². The van der Waals surface area contributed by atoms with Crippen molar-refractivity contribution in [2.45, 2.75) is 17.3 Å². The Balaban J connectivity index is 1.72. The average molecular weight is 409 g/mol. The van der Waals surface area contributed by atoms with Crippen LogP contribution in [0.4, 0.5) is 5.69 Å². The van der Waals surface area contributed by atoms with E-state index in [1.54, 1.807) is 43.6 Å². The number of nitrogens with zero attached hydrogens (tertiary/aromatic N) is 4. The van der Waals surface area contributed by atoms with Gasteiger partial charge in [-0.05, 0) is 31.2 Å². The number of pyridine rings is 1. The highest BCUT2D eigenvalue weighted by molar-refractivity contribution is 8.00. The number of aromatic nitrogens is 4. The Morgan fingerprint density at radius 1 is 1.27 bits per heavy atom. The van der Waals surface area contributed by atoms with Gasteiger partial charge in [0.05, 0.1) is 21.0 Å². The van der Waals surface area contributed by atoms with Crippen molar-refractivity contribution in [3.63, 3.8) is 0 Å². The van der Waals surface area contributed by atoms with Crippen molar-refractivity contribution in [1.29, 1.82) is 0 Å².